The van der Waals surface area contributed by atoms with Gasteiger partial charge < -0.3 is 10.2 Å². The number of para-hydroxylation sites is 1. The number of aliphatic imine (C=N–C) groups is 1. The Morgan fingerprint density at radius 1 is 1.14 bits per heavy atom. The summed E-state index contributed by atoms with van der Waals surface area (Å²) in [4.78, 5) is 7.24. The SMILES string of the molecule is CSCCCCN=C(Nc1ccccc1)N1CCCCC1.I. The zero-order chi connectivity index (χ0) is 14.8. The van der Waals surface area contributed by atoms with Gasteiger partial charge in [0.2, 0.25) is 0 Å². The van der Waals surface area contributed by atoms with Crippen molar-refractivity contribution in [2.24, 2.45) is 4.99 Å². The van der Waals surface area contributed by atoms with Crippen molar-refractivity contribution in [2.75, 3.05) is 37.0 Å². The number of nitrogens with one attached hydrogen (secondary N) is 1. The van der Waals surface area contributed by atoms with E-state index in [0.29, 0.717) is 0 Å². The quantitative estimate of drug-likeness (QED) is 0.305. The zero-order valence-corrected chi connectivity index (χ0v) is 16.6. The first-order valence-corrected chi connectivity index (χ1v) is 9.40. The third-order valence-corrected chi connectivity index (χ3v) is 4.40. The molecule has 1 heterocycles. The molecule has 1 N–H and O–H groups in total. The van der Waals surface area contributed by atoms with Gasteiger partial charge in [-0.15, -0.1) is 24.0 Å². The van der Waals surface area contributed by atoms with E-state index in [4.69, 9.17) is 4.99 Å². The predicted octanol–water partition coefficient (Wildman–Crippen LogP) is 4.70. The fourth-order valence-corrected chi connectivity index (χ4v) is 3.01. The topological polar surface area (TPSA) is 27.6 Å². The van der Waals surface area contributed by atoms with Crippen molar-refractivity contribution in [3.63, 3.8) is 0 Å². The van der Waals surface area contributed by atoms with Crippen LogP contribution in [0.5, 0.6) is 0 Å². The van der Waals surface area contributed by atoms with Crippen molar-refractivity contribution in [2.45, 2.75) is 32.1 Å². The monoisotopic (exact) mass is 433 g/mol. The molecule has 1 fully saturated rings. The molecule has 124 valence electrons. The highest BCUT2D eigenvalue weighted by Gasteiger charge is 2.14. The standard InChI is InChI=1S/C17H27N3S.HI/c1-21-15-9-6-12-18-17(20-13-7-3-8-14-20)19-16-10-4-2-5-11-16;/h2,4-5,10-11H,3,6-9,12-15H2,1H3,(H,18,19);1H. The Balaban J connectivity index is 0.00000242. The molecular weight excluding hydrogens is 405 g/mol. The van der Waals surface area contributed by atoms with Gasteiger partial charge in [-0.1, -0.05) is 18.2 Å². The summed E-state index contributed by atoms with van der Waals surface area (Å²) >= 11 is 1.92. The lowest BCUT2D eigenvalue weighted by molar-refractivity contribution is 0.340. The molecular formula is C17H28IN3S. The van der Waals surface area contributed by atoms with E-state index in [1.807, 2.05) is 17.8 Å². The van der Waals surface area contributed by atoms with E-state index in [1.165, 1.54) is 37.9 Å². The van der Waals surface area contributed by atoms with Crippen molar-refractivity contribution in [1.29, 1.82) is 0 Å². The predicted molar refractivity (Wildman–Crippen MR) is 111 cm³/mol. The normalized spacial score (nSPS) is 15.3. The first kappa shape index (κ1) is 19.6. The summed E-state index contributed by atoms with van der Waals surface area (Å²) in [7, 11) is 0. The first-order chi connectivity index (χ1) is 10.4. The van der Waals surface area contributed by atoms with Gasteiger partial charge in [-0.2, -0.15) is 11.8 Å². The molecule has 1 aromatic carbocycles. The maximum atomic E-state index is 4.84. The number of hydrogen-bond acceptors (Lipinski definition) is 2. The second kappa shape index (κ2) is 12.0. The molecule has 1 saturated heterocycles. The lowest BCUT2D eigenvalue weighted by Gasteiger charge is -2.30. The van der Waals surface area contributed by atoms with Crippen molar-refractivity contribution in [3.8, 4) is 0 Å². The molecule has 3 nitrogen and oxygen atoms in total. The van der Waals surface area contributed by atoms with Gasteiger partial charge in [0.1, 0.15) is 0 Å². The fraction of sp³-hybridized carbons (Fsp3) is 0.588. The Morgan fingerprint density at radius 2 is 1.86 bits per heavy atom. The van der Waals surface area contributed by atoms with Crippen molar-refractivity contribution in [3.05, 3.63) is 30.3 Å². The second-order valence-electron chi connectivity index (χ2n) is 5.44. The van der Waals surface area contributed by atoms with Crippen LogP contribution in [0.15, 0.2) is 35.3 Å². The summed E-state index contributed by atoms with van der Waals surface area (Å²) in [5, 5.41) is 3.51. The number of hydrogen-bond donors (Lipinski definition) is 1. The molecule has 0 unspecified atom stereocenters. The number of benzene rings is 1. The zero-order valence-electron chi connectivity index (χ0n) is 13.5. The lowest BCUT2D eigenvalue weighted by Crippen LogP contribution is -2.40. The molecule has 2 rings (SSSR count). The number of piperidine rings is 1. The summed E-state index contributed by atoms with van der Waals surface area (Å²) in [6, 6.07) is 10.4. The van der Waals surface area contributed by atoms with Crippen molar-refractivity contribution in [1.82, 2.24) is 4.90 Å². The van der Waals surface area contributed by atoms with Crippen molar-refractivity contribution < 1.29 is 0 Å². The maximum Gasteiger partial charge on any atom is 0.198 e. The third-order valence-electron chi connectivity index (χ3n) is 3.70. The molecule has 1 aliphatic rings. The Bertz CT molecular complexity index is 419. The van der Waals surface area contributed by atoms with E-state index < -0.39 is 0 Å². The molecule has 0 amide bonds. The largest absolute Gasteiger partial charge is 0.343 e. The maximum absolute atomic E-state index is 4.84. The van der Waals surface area contributed by atoms with Gasteiger partial charge in [-0.05, 0) is 56.2 Å². The highest BCUT2D eigenvalue weighted by atomic mass is 127. The van der Waals surface area contributed by atoms with E-state index in [9.17, 15) is 0 Å². The van der Waals surface area contributed by atoms with Crippen LogP contribution in [-0.2, 0) is 0 Å². The molecule has 0 saturated carbocycles. The third kappa shape index (κ3) is 7.22. The molecule has 1 aliphatic heterocycles. The molecule has 0 bridgehead atoms. The van der Waals surface area contributed by atoms with E-state index in [1.54, 1.807) is 0 Å². The average Bonchev–Trinajstić information content (AvgIpc) is 2.55. The number of likely N-dealkylation sites (tertiary alicyclic amines) is 1. The van der Waals surface area contributed by atoms with Crippen LogP contribution in [0.1, 0.15) is 32.1 Å². The summed E-state index contributed by atoms with van der Waals surface area (Å²) in [5.41, 5.74) is 1.13. The van der Waals surface area contributed by atoms with Gasteiger partial charge in [-0.25, -0.2) is 0 Å². The molecule has 0 aromatic heterocycles. The number of thioether (sulfide) groups is 1. The molecule has 0 aliphatic carbocycles. The summed E-state index contributed by atoms with van der Waals surface area (Å²) in [5.74, 6) is 2.30. The number of anilines is 1. The van der Waals surface area contributed by atoms with Gasteiger partial charge in [-0.3, -0.25) is 4.99 Å². The van der Waals surface area contributed by atoms with Gasteiger partial charge in [0, 0.05) is 25.3 Å². The smallest absolute Gasteiger partial charge is 0.198 e. The first-order valence-electron chi connectivity index (χ1n) is 8.00. The van der Waals surface area contributed by atoms with Gasteiger partial charge in [0.25, 0.3) is 0 Å². The minimum atomic E-state index is 0. The molecule has 22 heavy (non-hydrogen) atoms. The van der Waals surface area contributed by atoms with E-state index in [0.717, 1.165) is 31.3 Å². The second-order valence-corrected chi connectivity index (χ2v) is 6.43. The minimum Gasteiger partial charge on any atom is -0.343 e. The minimum absolute atomic E-state index is 0. The Hall–Kier alpha value is -0.430. The van der Waals surface area contributed by atoms with Crippen LogP contribution in [-0.4, -0.2) is 42.5 Å². The fourth-order valence-electron chi connectivity index (χ4n) is 2.52. The van der Waals surface area contributed by atoms with Crippen LogP contribution < -0.4 is 5.32 Å². The van der Waals surface area contributed by atoms with Crippen LogP contribution in [0.25, 0.3) is 0 Å². The summed E-state index contributed by atoms with van der Waals surface area (Å²) in [6.45, 7) is 3.18. The molecule has 5 heteroatoms. The molecule has 0 radical (unpaired) electrons. The molecule has 1 aromatic rings. The van der Waals surface area contributed by atoms with Crippen LogP contribution >= 0.6 is 35.7 Å². The Kier molecular flexibility index (Phi) is 10.7. The highest BCUT2D eigenvalue weighted by molar-refractivity contribution is 14.0. The summed E-state index contributed by atoms with van der Waals surface area (Å²) < 4.78 is 0. The Morgan fingerprint density at radius 3 is 2.55 bits per heavy atom. The van der Waals surface area contributed by atoms with Crippen LogP contribution in [0.3, 0.4) is 0 Å². The van der Waals surface area contributed by atoms with E-state index in [-0.39, 0.29) is 24.0 Å². The molecule has 0 atom stereocenters. The number of rotatable bonds is 6. The molecule has 0 spiro atoms. The number of nitrogens with zero attached hydrogens (tertiary/aromatic N) is 2. The Labute approximate surface area is 156 Å². The van der Waals surface area contributed by atoms with Crippen LogP contribution in [0, 0.1) is 0 Å². The van der Waals surface area contributed by atoms with Gasteiger partial charge in [0.15, 0.2) is 5.96 Å². The number of unbranched alkanes of at least 4 members (excludes halogenated alkanes) is 1. The lowest BCUT2D eigenvalue weighted by atomic mass is 10.1. The van der Waals surface area contributed by atoms with Crippen molar-refractivity contribution >= 4 is 47.4 Å². The van der Waals surface area contributed by atoms with Crippen LogP contribution in [0.4, 0.5) is 5.69 Å². The number of guanidine groups is 1. The van der Waals surface area contributed by atoms with Gasteiger partial charge in [0.05, 0.1) is 0 Å². The average molecular weight is 433 g/mol. The summed E-state index contributed by atoms with van der Waals surface area (Å²) in [6.07, 6.45) is 8.50. The van der Waals surface area contributed by atoms with Gasteiger partial charge >= 0.3 is 0 Å². The van der Waals surface area contributed by atoms with Crippen LogP contribution in [0.2, 0.25) is 0 Å². The number of halogens is 1. The van der Waals surface area contributed by atoms with E-state index in [2.05, 4.69) is 40.7 Å². The van der Waals surface area contributed by atoms with E-state index >= 15 is 0 Å². The highest BCUT2D eigenvalue weighted by Crippen LogP contribution is 2.13.